The van der Waals surface area contributed by atoms with Crippen molar-refractivity contribution in [3.8, 4) is 0 Å². The zero-order chi connectivity index (χ0) is 14.7. The van der Waals surface area contributed by atoms with E-state index in [-0.39, 0.29) is 6.04 Å². The Kier molecular flexibility index (Phi) is 4.15. The van der Waals surface area contributed by atoms with Crippen LogP contribution < -0.4 is 5.32 Å². The Morgan fingerprint density at radius 2 is 1.71 bits per heavy atom. The molecule has 2 aromatic carbocycles. The van der Waals surface area contributed by atoms with Gasteiger partial charge in [0.1, 0.15) is 0 Å². The second-order valence-electron chi connectivity index (χ2n) is 4.92. The van der Waals surface area contributed by atoms with Gasteiger partial charge in [-0.25, -0.2) is 0 Å². The van der Waals surface area contributed by atoms with Gasteiger partial charge < -0.3 is 5.32 Å². The highest BCUT2D eigenvalue weighted by Gasteiger charge is 2.09. The molecular weight excluding hydrogens is 326 g/mol. The van der Waals surface area contributed by atoms with Crippen molar-refractivity contribution in [1.82, 2.24) is 9.97 Å². The Morgan fingerprint density at radius 1 is 1.00 bits per heavy atom. The second kappa shape index (κ2) is 6.22. The van der Waals surface area contributed by atoms with E-state index >= 15 is 0 Å². The summed E-state index contributed by atoms with van der Waals surface area (Å²) in [5.41, 5.74) is 4.17. The molecule has 1 atom stereocenters. The normalized spacial score (nSPS) is 12.3. The zero-order valence-electron chi connectivity index (χ0n) is 11.8. The van der Waals surface area contributed by atoms with Gasteiger partial charge in [-0.1, -0.05) is 35.0 Å². The number of hydrogen-bond acceptors (Lipinski definition) is 3. The quantitative estimate of drug-likeness (QED) is 0.729. The van der Waals surface area contributed by atoms with Crippen molar-refractivity contribution in [2.45, 2.75) is 19.4 Å². The van der Waals surface area contributed by atoms with Gasteiger partial charge in [0.2, 0.25) is 0 Å². The number of fused-ring (bicyclic) bond motifs is 1. The first-order valence-electron chi connectivity index (χ1n) is 6.99. The van der Waals surface area contributed by atoms with Crippen molar-refractivity contribution < 1.29 is 0 Å². The number of nitrogens with zero attached hydrogens (tertiary/aromatic N) is 2. The third-order valence-corrected chi connectivity index (χ3v) is 4.02. The molecule has 0 saturated carbocycles. The van der Waals surface area contributed by atoms with Gasteiger partial charge in [-0.15, -0.1) is 0 Å². The van der Waals surface area contributed by atoms with Crippen molar-refractivity contribution in [3.05, 3.63) is 64.9 Å². The van der Waals surface area contributed by atoms with E-state index in [1.807, 2.05) is 12.1 Å². The summed E-state index contributed by atoms with van der Waals surface area (Å²) < 4.78 is 1.10. The van der Waals surface area contributed by atoms with E-state index in [1.165, 1.54) is 5.56 Å². The largest absolute Gasteiger partial charge is 0.378 e. The van der Waals surface area contributed by atoms with Crippen molar-refractivity contribution >= 4 is 32.7 Å². The number of anilines is 1. The standard InChI is InChI=1S/C17H16BrN3/c1-2-15(12-3-5-13(18)6-4-12)21-14-7-8-16-17(11-14)20-10-9-19-16/h3-11,15,21H,2H2,1H3. The molecule has 3 aromatic rings. The highest BCUT2D eigenvalue weighted by molar-refractivity contribution is 9.10. The zero-order valence-corrected chi connectivity index (χ0v) is 13.3. The second-order valence-corrected chi connectivity index (χ2v) is 5.83. The fraction of sp³-hybridized carbons (Fsp3) is 0.176. The molecule has 0 aliphatic rings. The molecule has 0 saturated heterocycles. The maximum Gasteiger partial charge on any atom is 0.0907 e. The fourth-order valence-electron chi connectivity index (χ4n) is 2.37. The van der Waals surface area contributed by atoms with E-state index in [9.17, 15) is 0 Å². The van der Waals surface area contributed by atoms with Gasteiger partial charge >= 0.3 is 0 Å². The van der Waals surface area contributed by atoms with Gasteiger partial charge in [0.15, 0.2) is 0 Å². The monoisotopic (exact) mass is 341 g/mol. The summed E-state index contributed by atoms with van der Waals surface area (Å²) in [5.74, 6) is 0. The molecule has 0 aliphatic carbocycles. The summed E-state index contributed by atoms with van der Waals surface area (Å²) in [4.78, 5) is 8.64. The van der Waals surface area contributed by atoms with E-state index in [0.29, 0.717) is 0 Å². The van der Waals surface area contributed by atoms with E-state index in [2.05, 4.69) is 68.5 Å². The third-order valence-electron chi connectivity index (χ3n) is 3.49. The maximum atomic E-state index is 4.35. The first-order chi connectivity index (χ1) is 10.3. The SMILES string of the molecule is CCC(Nc1ccc2nccnc2c1)c1ccc(Br)cc1. The first-order valence-corrected chi connectivity index (χ1v) is 7.78. The number of aromatic nitrogens is 2. The molecule has 3 rings (SSSR count). The Balaban J connectivity index is 1.86. The van der Waals surface area contributed by atoms with E-state index < -0.39 is 0 Å². The maximum absolute atomic E-state index is 4.35. The van der Waals surface area contributed by atoms with E-state index in [0.717, 1.165) is 27.6 Å². The third kappa shape index (κ3) is 3.22. The Hall–Kier alpha value is -1.94. The van der Waals surface area contributed by atoms with Crippen LogP contribution >= 0.6 is 15.9 Å². The summed E-state index contributed by atoms with van der Waals surface area (Å²) in [6, 6.07) is 14.8. The van der Waals surface area contributed by atoms with Gasteiger partial charge in [0.25, 0.3) is 0 Å². The minimum absolute atomic E-state index is 0.284. The van der Waals surface area contributed by atoms with Gasteiger partial charge in [-0.05, 0) is 42.3 Å². The summed E-state index contributed by atoms with van der Waals surface area (Å²) >= 11 is 3.47. The van der Waals surface area contributed by atoms with Gasteiger partial charge in [0.05, 0.1) is 17.1 Å². The molecule has 1 N–H and O–H groups in total. The molecule has 1 heterocycles. The van der Waals surface area contributed by atoms with Crippen LogP contribution in [0.2, 0.25) is 0 Å². The van der Waals surface area contributed by atoms with Crippen LogP contribution in [0.4, 0.5) is 5.69 Å². The minimum Gasteiger partial charge on any atom is -0.378 e. The first kappa shape index (κ1) is 14.0. The van der Waals surface area contributed by atoms with Crippen LogP contribution in [-0.4, -0.2) is 9.97 Å². The fourth-order valence-corrected chi connectivity index (χ4v) is 2.63. The summed E-state index contributed by atoms with van der Waals surface area (Å²) in [6.07, 6.45) is 4.45. The molecule has 0 amide bonds. The number of hydrogen-bond donors (Lipinski definition) is 1. The summed E-state index contributed by atoms with van der Waals surface area (Å²) in [5, 5.41) is 3.57. The molecule has 1 unspecified atom stereocenters. The van der Waals surface area contributed by atoms with E-state index in [4.69, 9.17) is 0 Å². The molecule has 0 radical (unpaired) electrons. The predicted molar refractivity (Wildman–Crippen MR) is 90.3 cm³/mol. The van der Waals surface area contributed by atoms with Gasteiger partial charge in [-0.2, -0.15) is 0 Å². The number of benzene rings is 2. The van der Waals surface area contributed by atoms with Crippen LogP contribution in [-0.2, 0) is 0 Å². The number of halogens is 1. The lowest BCUT2D eigenvalue weighted by Gasteiger charge is -2.19. The average molecular weight is 342 g/mol. The molecule has 106 valence electrons. The minimum atomic E-state index is 0.284. The number of rotatable bonds is 4. The van der Waals surface area contributed by atoms with Crippen LogP contribution in [0.3, 0.4) is 0 Å². The van der Waals surface area contributed by atoms with Crippen LogP contribution in [0.5, 0.6) is 0 Å². The van der Waals surface area contributed by atoms with Crippen molar-refractivity contribution in [3.63, 3.8) is 0 Å². The topological polar surface area (TPSA) is 37.8 Å². The summed E-state index contributed by atoms with van der Waals surface area (Å²) in [7, 11) is 0. The summed E-state index contributed by atoms with van der Waals surface area (Å²) in [6.45, 7) is 2.18. The van der Waals surface area contributed by atoms with Gasteiger partial charge in [-0.3, -0.25) is 9.97 Å². The highest BCUT2D eigenvalue weighted by Crippen LogP contribution is 2.25. The highest BCUT2D eigenvalue weighted by atomic mass is 79.9. The molecule has 0 spiro atoms. The Bertz CT molecular complexity index is 740. The van der Waals surface area contributed by atoms with Crippen molar-refractivity contribution in [2.75, 3.05) is 5.32 Å². The van der Waals surface area contributed by atoms with Crippen molar-refractivity contribution in [2.24, 2.45) is 0 Å². The van der Waals surface area contributed by atoms with Crippen LogP contribution in [0.15, 0.2) is 59.3 Å². The molecule has 21 heavy (non-hydrogen) atoms. The molecule has 0 aliphatic heterocycles. The van der Waals surface area contributed by atoms with E-state index in [1.54, 1.807) is 12.4 Å². The Morgan fingerprint density at radius 3 is 2.43 bits per heavy atom. The molecule has 0 bridgehead atoms. The lowest BCUT2D eigenvalue weighted by atomic mass is 10.0. The van der Waals surface area contributed by atoms with Crippen LogP contribution in [0.1, 0.15) is 24.9 Å². The predicted octanol–water partition coefficient (Wildman–Crippen LogP) is 4.96. The van der Waals surface area contributed by atoms with Crippen LogP contribution in [0, 0.1) is 0 Å². The molecule has 4 heteroatoms. The average Bonchev–Trinajstić information content (AvgIpc) is 2.53. The Labute approximate surface area is 132 Å². The molecule has 0 fully saturated rings. The number of nitrogens with one attached hydrogen (secondary N) is 1. The molecule has 3 nitrogen and oxygen atoms in total. The molecular formula is C17H16BrN3. The van der Waals surface area contributed by atoms with Gasteiger partial charge in [0, 0.05) is 22.6 Å². The lowest BCUT2D eigenvalue weighted by molar-refractivity contribution is 0.749. The van der Waals surface area contributed by atoms with Crippen molar-refractivity contribution in [1.29, 1.82) is 0 Å². The molecule has 1 aromatic heterocycles. The van der Waals surface area contributed by atoms with Crippen LogP contribution in [0.25, 0.3) is 11.0 Å². The smallest absolute Gasteiger partial charge is 0.0907 e. The lowest BCUT2D eigenvalue weighted by Crippen LogP contribution is -2.09.